The molecule has 1 aromatic carbocycles. The molecule has 152 valence electrons. The van der Waals surface area contributed by atoms with Crippen LogP contribution < -0.4 is 15.4 Å². The first-order valence-electron chi connectivity index (χ1n) is 9.98. The smallest absolute Gasteiger partial charge is 0.191 e. The van der Waals surface area contributed by atoms with E-state index in [2.05, 4.69) is 42.7 Å². The monoisotopic (exact) mass is 377 g/mol. The number of nitrogens with zero attached hydrogens (tertiary/aromatic N) is 1. The Morgan fingerprint density at radius 3 is 2.67 bits per heavy atom. The third kappa shape index (κ3) is 6.11. The lowest BCUT2D eigenvalue weighted by molar-refractivity contribution is 0.0522. The normalized spacial score (nSPS) is 16.8. The Hall–Kier alpha value is -1.79. The second-order valence-electron chi connectivity index (χ2n) is 6.92. The second-order valence-corrected chi connectivity index (χ2v) is 6.92. The lowest BCUT2D eigenvalue weighted by atomic mass is 9.73. The van der Waals surface area contributed by atoms with Crippen LogP contribution in [0.1, 0.15) is 37.8 Å². The van der Waals surface area contributed by atoms with Gasteiger partial charge >= 0.3 is 0 Å². The van der Waals surface area contributed by atoms with Crippen LogP contribution in [0.5, 0.6) is 5.75 Å². The average molecular weight is 378 g/mol. The van der Waals surface area contributed by atoms with Gasteiger partial charge in [0, 0.05) is 43.9 Å². The Bertz CT molecular complexity index is 598. The number of aliphatic imine (C=N–C) groups is 1. The number of ether oxygens (including phenoxy) is 3. The number of aryl methyl sites for hydroxylation is 1. The van der Waals surface area contributed by atoms with Crippen molar-refractivity contribution in [3.05, 3.63) is 29.3 Å². The number of hydrogen-bond acceptors (Lipinski definition) is 4. The van der Waals surface area contributed by atoms with Gasteiger partial charge in [-0.15, -0.1) is 0 Å². The minimum absolute atomic E-state index is 0.0715. The molecule has 1 fully saturated rings. The lowest BCUT2D eigenvalue weighted by Gasteiger charge is -2.37. The molecule has 1 aliphatic rings. The van der Waals surface area contributed by atoms with E-state index < -0.39 is 0 Å². The topological polar surface area (TPSA) is 64.1 Å². The summed E-state index contributed by atoms with van der Waals surface area (Å²) in [7, 11) is 1.74. The molecule has 0 bridgehead atoms. The van der Waals surface area contributed by atoms with Crippen LogP contribution in [0.15, 0.2) is 23.2 Å². The number of methoxy groups -OCH3 is 1. The van der Waals surface area contributed by atoms with E-state index in [0.717, 1.165) is 57.5 Å². The molecule has 0 spiro atoms. The Balaban J connectivity index is 2.23. The van der Waals surface area contributed by atoms with E-state index in [1.165, 1.54) is 11.1 Å². The van der Waals surface area contributed by atoms with Crippen LogP contribution >= 0.6 is 0 Å². The second kappa shape index (κ2) is 11.1. The van der Waals surface area contributed by atoms with Crippen LogP contribution in [-0.4, -0.2) is 59.1 Å². The standard InChI is InChI=1S/C21H35N3O3/c1-5-22-20(23-11-14-26-6-2)24-16-21(9-12-27-13-10-21)18-15-17(3)7-8-19(18)25-4/h7-8,15H,5-6,9-14,16H2,1-4H3,(H2,22,23,24). The minimum Gasteiger partial charge on any atom is -0.496 e. The van der Waals surface area contributed by atoms with Crippen LogP contribution in [0.25, 0.3) is 0 Å². The molecule has 1 saturated heterocycles. The van der Waals surface area contributed by atoms with Gasteiger partial charge in [0.25, 0.3) is 0 Å². The summed E-state index contributed by atoms with van der Waals surface area (Å²) in [5.74, 6) is 1.77. The average Bonchev–Trinajstić information content (AvgIpc) is 2.70. The van der Waals surface area contributed by atoms with Gasteiger partial charge in [0.05, 0.1) is 20.3 Å². The van der Waals surface area contributed by atoms with E-state index in [-0.39, 0.29) is 5.41 Å². The van der Waals surface area contributed by atoms with Gasteiger partial charge in [-0.1, -0.05) is 17.7 Å². The van der Waals surface area contributed by atoms with Gasteiger partial charge in [-0.05, 0) is 39.7 Å². The maximum absolute atomic E-state index is 5.69. The molecule has 0 unspecified atom stereocenters. The van der Waals surface area contributed by atoms with Crippen molar-refractivity contribution < 1.29 is 14.2 Å². The summed E-state index contributed by atoms with van der Waals surface area (Å²) in [6.45, 7) is 11.4. The van der Waals surface area contributed by atoms with Gasteiger partial charge in [0.1, 0.15) is 5.75 Å². The molecule has 2 rings (SSSR count). The molecule has 0 aromatic heterocycles. The van der Waals surface area contributed by atoms with E-state index in [4.69, 9.17) is 19.2 Å². The van der Waals surface area contributed by atoms with Crippen molar-refractivity contribution in [2.45, 2.75) is 39.0 Å². The van der Waals surface area contributed by atoms with E-state index in [0.29, 0.717) is 13.2 Å². The maximum atomic E-state index is 5.69. The fraction of sp³-hybridized carbons (Fsp3) is 0.667. The summed E-state index contributed by atoms with van der Waals surface area (Å²) < 4.78 is 16.8. The van der Waals surface area contributed by atoms with Crippen molar-refractivity contribution in [2.24, 2.45) is 4.99 Å². The molecule has 0 aliphatic carbocycles. The van der Waals surface area contributed by atoms with Crippen molar-refractivity contribution >= 4 is 5.96 Å². The first kappa shape index (κ1) is 21.5. The van der Waals surface area contributed by atoms with Crippen LogP contribution in [-0.2, 0) is 14.9 Å². The van der Waals surface area contributed by atoms with Crippen molar-refractivity contribution in [3.63, 3.8) is 0 Å². The van der Waals surface area contributed by atoms with Gasteiger partial charge in [-0.25, -0.2) is 0 Å². The van der Waals surface area contributed by atoms with E-state index in [1.807, 2.05) is 6.92 Å². The molecule has 1 aliphatic heterocycles. The number of guanidine groups is 1. The van der Waals surface area contributed by atoms with E-state index in [1.54, 1.807) is 7.11 Å². The summed E-state index contributed by atoms with van der Waals surface area (Å²) in [5, 5.41) is 6.68. The molecule has 0 amide bonds. The highest BCUT2D eigenvalue weighted by atomic mass is 16.5. The largest absolute Gasteiger partial charge is 0.496 e. The van der Waals surface area contributed by atoms with Crippen molar-refractivity contribution in [3.8, 4) is 5.75 Å². The highest BCUT2D eigenvalue weighted by Gasteiger charge is 2.37. The summed E-state index contributed by atoms with van der Waals surface area (Å²) in [5.41, 5.74) is 2.40. The van der Waals surface area contributed by atoms with Gasteiger partial charge in [0.2, 0.25) is 0 Å². The third-order valence-electron chi connectivity index (χ3n) is 5.00. The molecular weight excluding hydrogens is 342 g/mol. The quantitative estimate of drug-likeness (QED) is 0.393. The highest BCUT2D eigenvalue weighted by Crippen LogP contribution is 2.40. The van der Waals surface area contributed by atoms with E-state index in [9.17, 15) is 0 Å². The van der Waals surface area contributed by atoms with Gasteiger partial charge in [0.15, 0.2) is 5.96 Å². The number of nitrogens with one attached hydrogen (secondary N) is 2. The zero-order chi connectivity index (χ0) is 19.5. The molecule has 1 aromatic rings. The van der Waals surface area contributed by atoms with Gasteiger partial charge in [-0.3, -0.25) is 4.99 Å². The Morgan fingerprint density at radius 1 is 1.22 bits per heavy atom. The molecule has 0 atom stereocenters. The van der Waals surface area contributed by atoms with Crippen molar-refractivity contribution in [2.75, 3.05) is 53.2 Å². The summed E-state index contributed by atoms with van der Waals surface area (Å²) in [4.78, 5) is 4.92. The molecule has 6 heteroatoms. The van der Waals surface area contributed by atoms with Crippen molar-refractivity contribution in [1.82, 2.24) is 10.6 Å². The molecule has 0 saturated carbocycles. The van der Waals surface area contributed by atoms with Gasteiger partial charge in [-0.2, -0.15) is 0 Å². The first-order chi connectivity index (χ1) is 13.1. The Labute approximate surface area is 163 Å². The van der Waals surface area contributed by atoms with Crippen LogP contribution in [0, 0.1) is 6.92 Å². The first-order valence-corrected chi connectivity index (χ1v) is 9.98. The molecule has 2 N–H and O–H groups in total. The predicted octanol–water partition coefficient (Wildman–Crippen LogP) is 2.64. The van der Waals surface area contributed by atoms with Crippen molar-refractivity contribution in [1.29, 1.82) is 0 Å². The number of benzene rings is 1. The zero-order valence-corrected chi connectivity index (χ0v) is 17.3. The fourth-order valence-electron chi connectivity index (χ4n) is 3.47. The molecule has 27 heavy (non-hydrogen) atoms. The van der Waals surface area contributed by atoms with E-state index >= 15 is 0 Å². The summed E-state index contributed by atoms with van der Waals surface area (Å²) >= 11 is 0. The summed E-state index contributed by atoms with van der Waals surface area (Å²) in [6, 6.07) is 6.41. The molecule has 0 radical (unpaired) electrons. The maximum Gasteiger partial charge on any atom is 0.191 e. The third-order valence-corrected chi connectivity index (χ3v) is 5.00. The minimum atomic E-state index is -0.0715. The number of hydrogen-bond donors (Lipinski definition) is 2. The molecule has 1 heterocycles. The van der Waals surface area contributed by atoms with Gasteiger partial charge < -0.3 is 24.8 Å². The molecular formula is C21H35N3O3. The fourth-order valence-corrected chi connectivity index (χ4v) is 3.47. The predicted molar refractivity (Wildman–Crippen MR) is 110 cm³/mol. The Morgan fingerprint density at radius 2 is 2.00 bits per heavy atom. The van der Waals surface area contributed by atoms with Crippen LogP contribution in [0.4, 0.5) is 0 Å². The van der Waals surface area contributed by atoms with Crippen LogP contribution in [0.3, 0.4) is 0 Å². The zero-order valence-electron chi connectivity index (χ0n) is 17.3. The lowest BCUT2D eigenvalue weighted by Crippen LogP contribution is -2.42. The Kier molecular flexibility index (Phi) is 8.88. The number of rotatable bonds is 9. The highest BCUT2D eigenvalue weighted by molar-refractivity contribution is 5.79. The summed E-state index contributed by atoms with van der Waals surface area (Å²) in [6.07, 6.45) is 1.88. The van der Waals surface area contributed by atoms with Crippen LogP contribution in [0.2, 0.25) is 0 Å². The molecule has 6 nitrogen and oxygen atoms in total. The SMILES string of the molecule is CCNC(=NCC1(c2cc(C)ccc2OC)CCOCC1)NCCOCC.